The number of amides is 1. The molecule has 0 radical (unpaired) electrons. The van der Waals surface area contributed by atoms with E-state index >= 15 is 0 Å². The molecular formula is C16H21N3OS. The Bertz CT molecular complexity index is 570. The molecule has 0 unspecified atom stereocenters. The van der Waals surface area contributed by atoms with Crippen molar-refractivity contribution in [1.29, 1.82) is 0 Å². The molecule has 1 aliphatic rings. The summed E-state index contributed by atoms with van der Waals surface area (Å²) in [6.45, 7) is 0. The molecule has 0 bridgehead atoms. The lowest BCUT2D eigenvalue weighted by atomic mass is 9.96. The molecule has 3 rings (SSSR count). The molecule has 1 aliphatic carbocycles. The SMILES string of the molecule is O=C(CCc1cccs1)Nc1ccnn1C1CCCCC1. The minimum atomic E-state index is 0.0703. The number of hydrogen-bond donors (Lipinski definition) is 1. The van der Waals surface area contributed by atoms with Crippen LogP contribution in [0.3, 0.4) is 0 Å². The zero-order valence-electron chi connectivity index (χ0n) is 12.1. The van der Waals surface area contributed by atoms with Gasteiger partial charge in [0.05, 0.1) is 12.2 Å². The first-order valence-corrected chi connectivity index (χ1v) is 8.56. The monoisotopic (exact) mass is 303 g/mol. The van der Waals surface area contributed by atoms with Gasteiger partial charge in [0.1, 0.15) is 5.82 Å². The highest BCUT2D eigenvalue weighted by atomic mass is 32.1. The number of aromatic nitrogens is 2. The quantitative estimate of drug-likeness (QED) is 0.906. The molecule has 5 heteroatoms. The minimum Gasteiger partial charge on any atom is -0.311 e. The molecule has 4 nitrogen and oxygen atoms in total. The van der Waals surface area contributed by atoms with Crippen LogP contribution < -0.4 is 5.32 Å². The van der Waals surface area contributed by atoms with E-state index in [1.807, 2.05) is 22.2 Å². The first-order valence-electron chi connectivity index (χ1n) is 7.68. The van der Waals surface area contributed by atoms with E-state index in [9.17, 15) is 4.79 Å². The van der Waals surface area contributed by atoms with Crippen molar-refractivity contribution >= 4 is 23.1 Å². The van der Waals surface area contributed by atoms with Gasteiger partial charge < -0.3 is 5.32 Å². The van der Waals surface area contributed by atoms with Crippen molar-refractivity contribution in [2.45, 2.75) is 51.0 Å². The summed E-state index contributed by atoms with van der Waals surface area (Å²) in [6.07, 6.45) is 9.28. The first-order chi connectivity index (χ1) is 10.3. The summed E-state index contributed by atoms with van der Waals surface area (Å²) in [5, 5.41) is 9.47. The highest BCUT2D eigenvalue weighted by molar-refractivity contribution is 7.09. The molecule has 112 valence electrons. The van der Waals surface area contributed by atoms with Crippen LogP contribution in [-0.2, 0) is 11.2 Å². The number of hydrogen-bond acceptors (Lipinski definition) is 3. The molecule has 0 saturated heterocycles. The van der Waals surface area contributed by atoms with Crippen LogP contribution in [0.2, 0.25) is 0 Å². The summed E-state index contributed by atoms with van der Waals surface area (Å²) < 4.78 is 2.00. The molecule has 0 atom stereocenters. The maximum Gasteiger partial charge on any atom is 0.225 e. The smallest absolute Gasteiger partial charge is 0.225 e. The zero-order chi connectivity index (χ0) is 14.5. The number of anilines is 1. The lowest BCUT2D eigenvalue weighted by Gasteiger charge is -2.23. The van der Waals surface area contributed by atoms with Crippen molar-refractivity contribution in [2.75, 3.05) is 5.32 Å². The van der Waals surface area contributed by atoms with Crippen molar-refractivity contribution in [3.8, 4) is 0 Å². The Kier molecular flexibility index (Phi) is 4.70. The number of rotatable bonds is 5. The Morgan fingerprint density at radius 2 is 2.19 bits per heavy atom. The topological polar surface area (TPSA) is 46.9 Å². The fraction of sp³-hybridized carbons (Fsp3) is 0.500. The minimum absolute atomic E-state index is 0.0703. The highest BCUT2D eigenvalue weighted by Crippen LogP contribution is 2.29. The third kappa shape index (κ3) is 3.73. The standard InChI is InChI=1S/C16H21N3OS/c20-16(9-8-14-7-4-12-21-14)18-15-10-11-17-19(15)13-5-2-1-3-6-13/h4,7,10-13H,1-3,5-6,8-9H2,(H,18,20). The predicted octanol–water partition coefficient (Wildman–Crippen LogP) is 4.02. The lowest BCUT2D eigenvalue weighted by Crippen LogP contribution is -2.20. The van der Waals surface area contributed by atoms with Gasteiger partial charge >= 0.3 is 0 Å². The van der Waals surface area contributed by atoms with Crippen LogP contribution in [0.15, 0.2) is 29.8 Å². The van der Waals surface area contributed by atoms with Gasteiger partial charge in [0.15, 0.2) is 0 Å². The van der Waals surface area contributed by atoms with Gasteiger partial charge in [-0.05, 0) is 30.7 Å². The van der Waals surface area contributed by atoms with Gasteiger partial charge in [0.25, 0.3) is 0 Å². The normalized spacial score (nSPS) is 16.0. The predicted molar refractivity (Wildman–Crippen MR) is 85.6 cm³/mol. The van der Waals surface area contributed by atoms with Crippen LogP contribution in [0.25, 0.3) is 0 Å². The first kappa shape index (κ1) is 14.3. The summed E-state index contributed by atoms with van der Waals surface area (Å²) in [7, 11) is 0. The van der Waals surface area contributed by atoms with Crippen LogP contribution in [0, 0.1) is 0 Å². The number of aryl methyl sites for hydroxylation is 1. The number of carbonyl (C=O) groups excluding carboxylic acids is 1. The summed E-state index contributed by atoms with van der Waals surface area (Å²) >= 11 is 1.70. The van der Waals surface area contributed by atoms with Gasteiger partial charge in [-0.1, -0.05) is 25.3 Å². The van der Waals surface area contributed by atoms with Gasteiger partial charge in [-0.15, -0.1) is 11.3 Å². The molecule has 1 amide bonds. The summed E-state index contributed by atoms with van der Waals surface area (Å²) in [4.78, 5) is 13.3. The van der Waals surface area contributed by atoms with E-state index in [1.165, 1.54) is 37.0 Å². The third-order valence-corrected chi connectivity index (χ3v) is 4.97. The van der Waals surface area contributed by atoms with E-state index in [1.54, 1.807) is 17.5 Å². The lowest BCUT2D eigenvalue weighted by molar-refractivity contribution is -0.116. The Morgan fingerprint density at radius 1 is 1.33 bits per heavy atom. The Labute approximate surface area is 129 Å². The summed E-state index contributed by atoms with van der Waals surface area (Å²) in [5.74, 6) is 0.916. The van der Waals surface area contributed by atoms with Crippen LogP contribution in [-0.4, -0.2) is 15.7 Å². The molecule has 21 heavy (non-hydrogen) atoms. The van der Waals surface area contributed by atoms with Gasteiger partial charge in [-0.25, -0.2) is 4.68 Å². The van der Waals surface area contributed by atoms with Crippen molar-refractivity contribution in [3.05, 3.63) is 34.7 Å². The fourth-order valence-corrected chi connectivity index (χ4v) is 3.64. The number of carbonyl (C=O) groups is 1. The van der Waals surface area contributed by atoms with Crippen LogP contribution >= 0.6 is 11.3 Å². The van der Waals surface area contributed by atoms with Crippen molar-refractivity contribution < 1.29 is 4.79 Å². The second-order valence-electron chi connectivity index (χ2n) is 5.58. The summed E-state index contributed by atoms with van der Waals surface area (Å²) in [6, 6.07) is 6.44. The van der Waals surface area contributed by atoms with E-state index in [0.29, 0.717) is 12.5 Å². The molecule has 0 aliphatic heterocycles. The second kappa shape index (κ2) is 6.89. The van der Waals surface area contributed by atoms with Crippen LogP contribution in [0.4, 0.5) is 5.82 Å². The largest absolute Gasteiger partial charge is 0.311 e. The van der Waals surface area contributed by atoms with E-state index < -0.39 is 0 Å². The number of thiophene rings is 1. The molecule has 2 aromatic rings. The zero-order valence-corrected chi connectivity index (χ0v) is 12.9. The third-order valence-electron chi connectivity index (χ3n) is 4.04. The maximum atomic E-state index is 12.1. The molecule has 1 N–H and O–H groups in total. The van der Waals surface area contributed by atoms with E-state index in [-0.39, 0.29) is 5.91 Å². The summed E-state index contributed by atoms with van der Waals surface area (Å²) in [5.41, 5.74) is 0. The molecule has 2 heterocycles. The van der Waals surface area contributed by atoms with Crippen LogP contribution in [0.5, 0.6) is 0 Å². The van der Waals surface area contributed by atoms with E-state index in [0.717, 1.165) is 12.2 Å². The number of nitrogens with zero attached hydrogens (tertiary/aromatic N) is 2. The molecule has 0 aromatic carbocycles. The van der Waals surface area contributed by atoms with Gasteiger partial charge in [0, 0.05) is 17.4 Å². The average Bonchev–Trinajstić information content (AvgIpc) is 3.17. The molecular weight excluding hydrogens is 282 g/mol. The van der Waals surface area contributed by atoms with Gasteiger partial charge in [0.2, 0.25) is 5.91 Å². The Balaban J connectivity index is 1.57. The van der Waals surface area contributed by atoms with Crippen molar-refractivity contribution in [3.63, 3.8) is 0 Å². The Morgan fingerprint density at radius 3 is 2.95 bits per heavy atom. The van der Waals surface area contributed by atoms with E-state index in [2.05, 4.69) is 16.5 Å². The van der Waals surface area contributed by atoms with Crippen molar-refractivity contribution in [1.82, 2.24) is 9.78 Å². The fourth-order valence-electron chi connectivity index (χ4n) is 2.93. The Hall–Kier alpha value is -1.62. The average molecular weight is 303 g/mol. The van der Waals surface area contributed by atoms with Crippen LogP contribution in [0.1, 0.15) is 49.4 Å². The second-order valence-corrected chi connectivity index (χ2v) is 6.61. The molecule has 1 saturated carbocycles. The molecule has 1 fully saturated rings. The maximum absolute atomic E-state index is 12.1. The highest BCUT2D eigenvalue weighted by Gasteiger charge is 2.19. The van der Waals surface area contributed by atoms with Crippen molar-refractivity contribution in [2.24, 2.45) is 0 Å². The van der Waals surface area contributed by atoms with Gasteiger partial charge in [-0.3, -0.25) is 4.79 Å². The van der Waals surface area contributed by atoms with E-state index in [4.69, 9.17) is 0 Å². The number of nitrogens with one attached hydrogen (secondary N) is 1. The van der Waals surface area contributed by atoms with Gasteiger partial charge in [-0.2, -0.15) is 5.10 Å². The molecule has 2 aromatic heterocycles. The molecule has 0 spiro atoms.